The fourth-order valence-electron chi connectivity index (χ4n) is 3.11. The molecule has 1 amide bonds. The molecule has 0 unspecified atom stereocenters. The summed E-state index contributed by atoms with van der Waals surface area (Å²) in [6.45, 7) is 2.91. The second kappa shape index (κ2) is 8.79. The lowest BCUT2D eigenvalue weighted by atomic mass is 10.1. The van der Waals surface area contributed by atoms with Crippen molar-refractivity contribution in [2.75, 3.05) is 11.9 Å². The topological polar surface area (TPSA) is 84.2 Å². The number of hydrogen-bond acceptors (Lipinski definition) is 4. The summed E-state index contributed by atoms with van der Waals surface area (Å²) in [5, 5.41) is 11.8. The Labute approximate surface area is 167 Å². The molecule has 6 nitrogen and oxygen atoms in total. The summed E-state index contributed by atoms with van der Waals surface area (Å²) in [6.07, 6.45) is 0.140. The third-order valence-electron chi connectivity index (χ3n) is 4.56. The van der Waals surface area contributed by atoms with Gasteiger partial charge in [0.2, 0.25) is 5.91 Å². The van der Waals surface area contributed by atoms with Gasteiger partial charge in [0.25, 0.3) is 5.56 Å². The molecule has 2 N–H and O–H groups in total. The zero-order valence-electron chi connectivity index (χ0n) is 16.3. The normalized spacial score (nSPS) is 10.8. The summed E-state index contributed by atoms with van der Waals surface area (Å²) in [5.74, 6) is -0.751. The van der Waals surface area contributed by atoms with E-state index in [-0.39, 0.29) is 25.3 Å². The first-order valence-corrected chi connectivity index (χ1v) is 9.23. The lowest BCUT2D eigenvalue weighted by Crippen LogP contribution is -2.33. The summed E-state index contributed by atoms with van der Waals surface area (Å²) in [7, 11) is 0. The molecule has 3 rings (SSSR count). The van der Waals surface area contributed by atoms with E-state index in [2.05, 4.69) is 10.3 Å². The Morgan fingerprint density at radius 1 is 1.17 bits per heavy atom. The van der Waals surface area contributed by atoms with E-state index in [1.54, 1.807) is 32.0 Å². The molecule has 0 saturated carbocycles. The number of hydrogen-bond donors (Lipinski definition) is 2. The number of benzene rings is 2. The van der Waals surface area contributed by atoms with E-state index in [1.807, 2.05) is 18.2 Å². The summed E-state index contributed by atoms with van der Waals surface area (Å²) in [6, 6.07) is 13.5. The van der Waals surface area contributed by atoms with Crippen molar-refractivity contribution in [1.82, 2.24) is 9.55 Å². The number of aryl methyl sites for hydroxylation is 2. The van der Waals surface area contributed by atoms with E-state index < -0.39 is 17.3 Å². The molecule has 0 aliphatic rings. The third kappa shape index (κ3) is 4.57. The monoisotopic (exact) mass is 395 g/mol. The van der Waals surface area contributed by atoms with Gasteiger partial charge in [-0.1, -0.05) is 36.4 Å². The molecule has 29 heavy (non-hydrogen) atoms. The van der Waals surface area contributed by atoms with E-state index in [0.717, 1.165) is 5.56 Å². The van der Waals surface area contributed by atoms with Gasteiger partial charge in [-0.2, -0.15) is 0 Å². The number of nitrogens with zero attached hydrogens (tertiary/aromatic N) is 2. The maximum Gasteiger partial charge on any atom is 0.257 e. The molecular formula is C22H22FN3O3. The minimum atomic E-state index is -0.548. The average Bonchev–Trinajstić information content (AvgIpc) is 2.70. The summed E-state index contributed by atoms with van der Waals surface area (Å²) < 4.78 is 15.3. The molecule has 0 bridgehead atoms. The lowest BCUT2D eigenvalue weighted by Gasteiger charge is -2.16. The highest BCUT2D eigenvalue weighted by Crippen LogP contribution is 2.18. The highest BCUT2D eigenvalue weighted by Gasteiger charge is 2.18. The van der Waals surface area contributed by atoms with Gasteiger partial charge in [0.05, 0.1) is 5.69 Å². The standard InChI is InChI=1S/C22H22FN3O3/c1-14-8-9-19(18(23)12-14)25-20(28)13-26-21(16-6-4-3-5-7-16)24-15(2)17(10-11-27)22(26)29/h3-9,12,27H,10-11,13H2,1-2H3,(H,25,28). The SMILES string of the molecule is Cc1ccc(NC(=O)Cn2c(-c3ccccc3)nc(C)c(CCO)c2=O)c(F)c1. The van der Waals surface area contributed by atoms with Crippen LogP contribution in [-0.4, -0.2) is 27.2 Å². The van der Waals surface area contributed by atoms with Crippen molar-refractivity contribution >= 4 is 11.6 Å². The maximum atomic E-state index is 14.1. The van der Waals surface area contributed by atoms with Crippen molar-refractivity contribution < 1.29 is 14.3 Å². The zero-order valence-corrected chi connectivity index (χ0v) is 16.3. The molecule has 0 saturated heterocycles. The van der Waals surface area contributed by atoms with Gasteiger partial charge < -0.3 is 10.4 Å². The van der Waals surface area contributed by atoms with Crippen LogP contribution < -0.4 is 10.9 Å². The molecule has 1 aromatic heterocycles. The second-order valence-corrected chi connectivity index (χ2v) is 6.76. The number of rotatable bonds is 6. The molecule has 1 heterocycles. The van der Waals surface area contributed by atoms with Gasteiger partial charge >= 0.3 is 0 Å². The number of aliphatic hydroxyl groups is 1. The van der Waals surface area contributed by atoms with Gasteiger partial charge in [-0.25, -0.2) is 9.37 Å². The first-order valence-electron chi connectivity index (χ1n) is 9.23. The van der Waals surface area contributed by atoms with Gasteiger partial charge in [0.1, 0.15) is 18.2 Å². The smallest absolute Gasteiger partial charge is 0.257 e. The molecule has 0 aliphatic carbocycles. The predicted molar refractivity (Wildman–Crippen MR) is 109 cm³/mol. The van der Waals surface area contributed by atoms with Crippen LogP contribution in [-0.2, 0) is 17.8 Å². The Bertz CT molecular complexity index is 1090. The van der Waals surface area contributed by atoms with Crippen LogP contribution in [0.5, 0.6) is 0 Å². The van der Waals surface area contributed by atoms with E-state index in [9.17, 15) is 19.1 Å². The average molecular weight is 395 g/mol. The molecule has 0 spiro atoms. The molecule has 0 atom stereocenters. The fourth-order valence-corrected chi connectivity index (χ4v) is 3.11. The molecule has 150 valence electrons. The van der Waals surface area contributed by atoms with Crippen molar-refractivity contribution in [3.8, 4) is 11.4 Å². The number of anilines is 1. The van der Waals surface area contributed by atoms with Gasteiger partial charge in [-0.05, 0) is 31.5 Å². The zero-order chi connectivity index (χ0) is 21.0. The maximum absolute atomic E-state index is 14.1. The first-order chi connectivity index (χ1) is 13.9. The van der Waals surface area contributed by atoms with Gasteiger partial charge in [0.15, 0.2) is 0 Å². The molecule has 0 aliphatic heterocycles. The van der Waals surface area contributed by atoms with Crippen LogP contribution >= 0.6 is 0 Å². The van der Waals surface area contributed by atoms with Gasteiger partial charge in [-0.15, -0.1) is 0 Å². The molecule has 0 fully saturated rings. The number of aliphatic hydroxyl groups excluding tert-OH is 1. The summed E-state index contributed by atoms with van der Waals surface area (Å²) in [4.78, 5) is 30.1. The van der Waals surface area contributed by atoms with E-state index in [4.69, 9.17) is 0 Å². The van der Waals surface area contributed by atoms with Crippen molar-refractivity contribution in [2.45, 2.75) is 26.8 Å². The third-order valence-corrected chi connectivity index (χ3v) is 4.56. The summed E-state index contributed by atoms with van der Waals surface area (Å²) in [5.41, 5.74) is 1.91. The highest BCUT2D eigenvalue weighted by molar-refractivity contribution is 5.91. The largest absolute Gasteiger partial charge is 0.396 e. The number of amides is 1. The molecule has 7 heteroatoms. The number of carbonyl (C=O) groups excluding carboxylic acids is 1. The Kier molecular flexibility index (Phi) is 6.19. The number of halogens is 1. The lowest BCUT2D eigenvalue weighted by molar-refractivity contribution is -0.116. The fraction of sp³-hybridized carbons (Fsp3) is 0.227. The minimum Gasteiger partial charge on any atom is -0.396 e. The van der Waals surface area contributed by atoms with E-state index >= 15 is 0 Å². The van der Waals surface area contributed by atoms with Crippen LogP contribution in [0.3, 0.4) is 0 Å². The summed E-state index contributed by atoms with van der Waals surface area (Å²) >= 11 is 0. The first kappa shape index (κ1) is 20.4. The van der Waals surface area contributed by atoms with E-state index in [1.165, 1.54) is 16.7 Å². The van der Waals surface area contributed by atoms with Crippen molar-refractivity contribution in [3.05, 3.63) is 81.5 Å². The minimum absolute atomic E-state index is 0.0468. The molecule has 0 radical (unpaired) electrons. The number of nitrogens with one attached hydrogen (secondary N) is 1. The van der Waals surface area contributed by atoms with Crippen LogP contribution in [0.2, 0.25) is 0 Å². The quantitative estimate of drug-likeness (QED) is 0.672. The Balaban J connectivity index is 2.01. The van der Waals surface area contributed by atoms with Crippen molar-refractivity contribution in [2.24, 2.45) is 0 Å². The van der Waals surface area contributed by atoms with Crippen LogP contribution in [0.15, 0.2) is 53.3 Å². The van der Waals surface area contributed by atoms with Crippen LogP contribution in [0.1, 0.15) is 16.8 Å². The Morgan fingerprint density at radius 2 is 1.90 bits per heavy atom. The van der Waals surface area contributed by atoms with Crippen molar-refractivity contribution in [3.63, 3.8) is 0 Å². The Morgan fingerprint density at radius 3 is 2.55 bits per heavy atom. The van der Waals surface area contributed by atoms with Crippen molar-refractivity contribution in [1.29, 1.82) is 0 Å². The van der Waals surface area contributed by atoms with Crippen LogP contribution in [0.25, 0.3) is 11.4 Å². The van der Waals surface area contributed by atoms with Crippen LogP contribution in [0, 0.1) is 19.7 Å². The molecule has 2 aromatic carbocycles. The highest BCUT2D eigenvalue weighted by atomic mass is 19.1. The molecular weight excluding hydrogens is 373 g/mol. The number of carbonyl (C=O) groups is 1. The van der Waals surface area contributed by atoms with Gasteiger partial charge in [-0.3, -0.25) is 14.2 Å². The van der Waals surface area contributed by atoms with Gasteiger partial charge in [0, 0.05) is 29.8 Å². The van der Waals surface area contributed by atoms with E-state index in [0.29, 0.717) is 22.6 Å². The Hall–Kier alpha value is -3.32. The van der Waals surface area contributed by atoms with Crippen LogP contribution in [0.4, 0.5) is 10.1 Å². The molecule has 3 aromatic rings. The second-order valence-electron chi connectivity index (χ2n) is 6.76. The predicted octanol–water partition coefficient (Wildman–Crippen LogP) is 2.84. The number of aromatic nitrogens is 2.